The van der Waals surface area contributed by atoms with Crippen LogP contribution in [0.4, 0.5) is 0 Å². The van der Waals surface area contributed by atoms with Gasteiger partial charge in [-0.25, -0.2) is 0 Å². The summed E-state index contributed by atoms with van der Waals surface area (Å²) in [7, 11) is 1.64. The second kappa shape index (κ2) is 8.82. The molecular formula is C25H30N2O3. The molecule has 0 unspecified atom stereocenters. The van der Waals surface area contributed by atoms with Gasteiger partial charge in [-0.2, -0.15) is 0 Å². The van der Waals surface area contributed by atoms with Gasteiger partial charge < -0.3 is 19.4 Å². The van der Waals surface area contributed by atoms with Gasteiger partial charge in [-0.3, -0.25) is 4.79 Å². The van der Waals surface area contributed by atoms with E-state index in [1.165, 1.54) is 27.7 Å². The lowest BCUT2D eigenvalue weighted by Crippen LogP contribution is -2.33. The number of aromatic nitrogens is 1. The van der Waals surface area contributed by atoms with E-state index in [4.69, 9.17) is 9.47 Å². The number of hydrogen-bond acceptors (Lipinski definition) is 3. The molecule has 0 aliphatic carbocycles. The molecule has 30 heavy (non-hydrogen) atoms. The summed E-state index contributed by atoms with van der Waals surface area (Å²) in [6.45, 7) is 6.22. The fourth-order valence-electron chi connectivity index (χ4n) is 4.32. The van der Waals surface area contributed by atoms with Crippen molar-refractivity contribution in [3.63, 3.8) is 0 Å². The van der Waals surface area contributed by atoms with Crippen molar-refractivity contribution in [3.8, 4) is 11.5 Å². The van der Waals surface area contributed by atoms with Crippen LogP contribution in [0.3, 0.4) is 0 Å². The quantitative estimate of drug-likeness (QED) is 0.658. The number of methoxy groups -OCH3 is 1. The Labute approximate surface area is 178 Å². The van der Waals surface area contributed by atoms with Crippen LogP contribution in [-0.2, 0) is 24.1 Å². The summed E-state index contributed by atoms with van der Waals surface area (Å²) < 4.78 is 11.0. The molecule has 0 bridgehead atoms. The lowest BCUT2D eigenvalue weighted by molar-refractivity contribution is -0.131. The number of nitrogens with zero attached hydrogens (tertiary/aromatic N) is 1. The summed E-state index contributed by atoms with van der Waals surface area (Å²) in [6, 6.07) is 12.5. The molecule has 2 aromatic carbocycles. The largest absolute Gasteiger partial charge is 0.493 e. The van der Waals surface area contributed by atoms with Crippen molar-refractivity contribution < 1.29 is 14.3 Å². The molecule has 1 aromatic heterocycles. The minimum atomic E-state index is 0.216. The zero-order valence-corrected chi connectivity index (χ0v) is 18.1. The predicted octanol–water partition coefficient (Wildman–Crippen LogP) is 4.44. The fourth-order valence-corrected chi connectivity index (χ4v) is 4.32. The van der Waals surface area contributed by atoms with Crippen LogP contribution in [0.15, 0.2) is 36.4 Å². The van der Waals surface area contributed by atoms with Crippen LogP contribution >= 0.6 is 0 Å². The Morgan fingerprint density at radius 2 is 1.93 bits per heavy atom. The number of ether oxygens (including phenoxy) is 2. The molecule has 1 aliphatic heterocycles. The van der Waals surface area contributed by atoms with Crippen LogP contribution in [0.1, 0.15) is 35.7 Å². The molecule has 1 N–H and O–H groups in total. The van der Waals surface area contributed by atoms with Gasteiger partial charge in [0.15, 0.2) is 11.5 Å². The average Bonchev–Trinajstić information content (AvgIpc) is 2.95. The van der Waals surface area contributed by atoms with Crippen LogP contribution in [0.25, 0.3) is 10.9 Å². The maximum atomic E-state index is 12.9. The molecule has 0 spiro atoms. The molecule has 0 radical (unpaired) electrons. The van der Waals surface area contributed by atoms with E-state index in [1.54, 1.807) is 7.11 Å². The van der Waals surface area contributed by atoms with Crippen LogP contribution in [0.5, 0.6) is 11.5 Å². The molecule has 0 saturated carbocycles. The Bertz CT molecular complexity index is 1050. The van der Waals surface area contributed by atoms with Crippen LogP contribution in [-0.4, -0.2) is 42.6 Å². The van der Waals surface area contributed by atoms with Crippen molar-refractivity contribution in [3.05, 3.63) is 58.8 Å². The number of H-pyrrole nitrogens is 1. The molecule has 4 rings (SSSR count). The summed E-state index contributed by atoms with van der Waals surface area (Å²) in [5.41, 5.74) is 6.22. The maximum absolute atomic E-state index is 12.9. The lowest BCUT2D eigenvalue weighted by Gasteiger charge is -2.20. The molecule has 158 valence electrons. The maximum Gasteiger partial charge on any atom is 0.222 e. The Morgan fingerprint density at radius 3 is 2.73 bits per heavy atom. The molecule has 5 heteroatoms. The van der Waals surface area contributed by atoms with Crippen molar-refractivity contribution in [1.29, 1.82) is 0 Å². The van der Waals surface area contributed by atoms with Gasteiger partial charge in [-0.15, -0.1) is 0 Å². The molecule has 0 atom stereocenters. The van der Waals surface area contributed by atoms with Crippen molar-refractivity contribution in [1.82, 2.24) is 9.88 Å². The number of nitrogens with one attached hydrogen (secondary N) is 1. The number of aryl methyl sites for hydroxylation is 2. The van der Waals surface area contributed by atoms with Crippen molar-refractivity contribution in [2.45, 2.75) is 39.5 Å². The molecule has 0 fully saturated rings. The van der Waals surface area contributed by atoms with E-state index in [2.05, 4.69) is 30.1 Å². The summed E-state index contributed by atoms with van der Waals surface area (Å²) in [5, 5.41) is 1.31. The lowest BCUT2D eigenvalue weighted by atomic mass is 10.1. The van der Waals surface area contributed by atoms with Gasteiger partial charge in [-0.1, -0.05) is 17.7 Å². The van der Waals surface area contributed by atoms with Gasteiger partial charge in [0, 0.05) is 42.5 Å². The zero-order chi connectivity index (χ0) is 21.1. The van der Waals surface area contributed by atoms with E-state index in [0.717, 1.165) is 43.0 Å². The third-order valence-electron chi connectivity index (χ3n) is 5.92. The van der Waals surface area contributed by atoms with E-state index in [9.17, 15) is 4.79 Å². The minimum absolute atomic E-state index is 0.216. The van der Waals surface area contributed by atoms with Gasteiger partial charge in [0.05, 0.1) is 13.7 Å². The monoisotopic (exact) mass is 406 g/mol. The second-order valence-corrected chi connectivity index (χ2v) is 7.93. The van der Waals surface area contributed by atoms with Gasteiger partial charge in [-0.05, 0) is 62.1 Å². The third-order valence-corrected chi connectivity index (χ3v) is 5.92. The van der Waals surface area contributed by atoms with Crippen molar-refractivity contribution in [2.75, 3.05) is 26.8 Å². The van der Waals surface area contributed by atoms with Gasteiger partial charge in [0.1, 0.15) is 0 Å². The summed E-state index contributed by atoms with van der Waals surface area (Å²) >= 11 is 0. The highest BCUT2D eigenvalue weighted by molar-refractivity contribution is 5.86. The number of fused-ring (bicyclic) bond motifs is 3. The molecule has 3 aromatic rings. The molecule has 2 heterocycles. The van der Waals surface area contributed by atoms with E-state index in [-0.39, 0.29) is 5.91 Å². The topological polar surface area (TPSA) is 54.6 Å². The predicted molar refractivity (Wildman–Crippen MR) is 120 cm³/mol. The summed E-state index contributed by atoms with van der Waals surface area (Å²) in [6.07, 6.45) is 2.99. The van der Waals surface area contributed by atoms with E-state index in [0.29, 0.717) is 19.4 Å². The van der Waals surface area contributed by atoms with Gasteiger partial charge in [0.25, 0.3) is 0 Å². The van der Waals surface area contributed by atoms with E-state index in [1.807, 2.05) is 30.0 Å². The molecule has 1 amide bonds. The molecule has 0 saturated heterocycles. The summed E-state index contributed by atoms with van der Waals surface area (Å²) in [4.78, 5) is 18.5. The normalized spacial score (nSPS) is 13.8. The fraction of sp³-hybridized carbons (Fsp3) is 0.400. The first-order valence-corrected chi connectivity index (χ1v) is 10.8. The Hall–Kier alpha value is -2.95. The van der Waals surface area contributed by atoms with Gasteiger partial charge in [0.2, 0.25) is 5.91 Å². The van der Waals surface area contributed by atoms with Crippen molar-refractivity contribution in [2.24, 2.45) is 0 Å². The highest BCUT2D eigenvalue weighted by Gasteiger charge is 2.21. The van der Waals surface area contributed by atoms with Gasteiger partial charge >= 0.3 is 0 Å². The first-order valence-electron chi connectivity index (χ1n) is 10.8. The van der Waals surface area contributed by atoms with Crippen LogP contribution < -0.4 is 9.47 Å². The average molecular weight is 407 g/mol. The first kappa shape index (κ1) is 20.3. The minimum Gasteiger partial charge on any atom is -0.493 e. The highest BCUT2D eigenvalue weighted by Crippen LogP contribution is 2.29. The second-order valence-electron chi connectivity index (χ2n) is 7.93. The highest BCUT2D eigenvalue weighted by atomic mass is 16.5. The third kappa shape index (κ3) is 4.16. The number of rotatable bonds is 6. The number of carbonyl (C=O) groups is 1. The standard InChI is InChI=1S/C25H30N2O3/c1-4-30-23-9-6-18(16-24(23)29-3)7-10-25(28)27-13-11-19-20-15-17(2)5-8-21(20)26-22(19)12-14-27/h5-6,8-9,15-16,26H,4,7,10-14H2,1-3H3. The summed E-state index contributed by atoms with van der Waals surface area (Å²) in [5.74, 6) is 1.68. The Kier molecular flexibility index (Phi) is 5.98. The van der Waals surface area contributed by atoms with Crippen LogP contribution in [0.2, 0.25) is 0 Å². The Morgan fingerprint density at radius 1 is 1.10 bits per heavy atom. The smallest absolute Gasteiger partial charge is 0.222 e. The number of carbonyl (C=O) groups excluding carboxylic acids is 1. The molecule has 5 nitrogen and oxygen atoms in total. The number of benzene rings is 2. The number of aromatic amines is 1. The molecule has 1 aliphatic rings. The SMILES string of the molecule is CCOc1ccc(CCC(=O)N2CCc3[nH]c4ccc(C)cc4c3CC2)cc1OC. The first-order chi connectivity index (χ1) is 14.6. The van der Waals surface area contributed by atoms with Crippen LogP contribution in [0, 0.1) is 6.92 Å². The van der Waals surface area contributed by atoms with E-state index >= 15 is 0 Å². The Balaban J connectivity index is 1.39. The number of hydrogen-bond donors (Lipinski definition) is 1. The number of amides is 1. The molecular weight excluding hydrogens is 376 g/mol. The van der Waals surface area contributed by atoms with Crippen molar-refractivity contribution >= 4 is 16.8 Å². The zero-order valence-electron chi connectivity index (χ0n) is 18.1. The van der Waals surface area contributed by atoms with E-state index < -0.39 is 0 Å².